The van der Waals surface area contributed by atoms with Gasteiger partial charge >= 0.3 is 0 Å². The van der Waals surface area contributed by atoms with Gasteiger partial charge in [0.15, 0.2) is 9.84 Å². The number of carbonyl (C=O) groups excluding carboxylic acids is 1. The van der Waals surface area contributed by atoms with Crippen molar-refractivity contribution in [1.29, 1.82) is 0 Å². The molecule has 1 aromatic rings. The predicted octanol–water partition coefficient (Wildman–Crippen LogP) is 0.289. The Morgan fingerprint density at radius 1 is 1.14 bits per heavy atom. The molecule has 0 bridgehead atoms. The van der Waals surface area contributed by atoms with Gasteiger partial charge in [-0.2, -0.15) is 4.31 Å². The molecule has 1 amide bonds. The fraction of sp³-hybridized carbons (Fsp3) is 0.611. The third-order valence-corrected chi connectivity index (χ3v) is 9.46. The molecular formula is C18H26N2O6S2. The zero-order valence-electron chi connectivity index (χ0n) is 15.9. The van der Waals surface area contributed by atoms with Gasteiger partial charge in [-0.05, 0) is 31.0 Å². The lowest BCUT2D eigenvalue weighted by molar-refractivity contribution is -0.131. The summed E-state index contributed by atoms with van der Waals surface area (Å²) in [6.45, 7) is 3.52. The smallest absolute Gasteiger partial charge is 0.227 e. The Balaban J connectivity index is 1.54. The Morgan fingerprint density at radius 2 is 1.79 bits per heavy atom. The predicted molar refractivity (Wildman–Crippen MR) is 105 cm³/mol. The first kappa shape index (κ1) is 21.1. The third kappa shape index (κ3) is 4.84. The zero-order chi connectivity index (χ0) is 20.4. The molecule has 1 unspecified atom stereocenters. The van der Waals surface area contributed by atoms with Crippen molar-refractivity contribution in [3.8, 4) is 5.75 Å². The first-order valence-corrected chi connectivity index (χ1v) is 12.7. The van der Waals surface area contributed by atoms with Crippen molar-refractivity contribution in [1.82, 2.24) is 9.21 Å². The summed E-state index contributed by atoms with van der Waals surface area (Å²) in [5.74, 6) is 0.333. The lowest BCUT2D eigenvalue weighted by Crippen LogP contribution is -2.53. The van der Waals surface area contributed by atoms with Crippen molar-refractivity contribution in [3.63, 3.8) is 0 Å². The van der Waals surface area contributed by atoms with Gasteiger partial charge in [0.25, 0.3) is 0 Å². The largest absolute Gasteiger partial charge is 0.494 e. The molecular weight excluding hydrogens is 404 g/mol. The number of amides is 1. The fourth-order valence-corrected chi connectivity index (χ4v) is 8.07. The second kappa shape index (κ2) is 8.38. The van der Waals surface area contributed by atoms with E-state index < -0.39 is 25.1 Å². The van der Waals surface area contributed by atoms with E-state index in [9.17, 15) is 21.6 Å². The highest BCUT2D eigenvalue weighted by Gasteiger charge is 2.41. The number of nitrogens with zero attached hydrogens (tertiary/aromatic N) is 2. The molecule has 2 aliphatic rings. The molecule has 0 aliphatic carbocycles. The number of hydrogen-bond acceptors (Lipinski definition) is 6. The molecule has 156 valence electrons. The molecule has 8 nitrogen and oxygen atoms in total. The van der Waals surface area contributed by atoms with E-state index in [4.69, 9.17) is 4.74 Å². The van der Waals surface area contributed by atoms with Gasteiger partial charge in [0.05, 0.1) is 29.8 Å². The SMILES string of the molecule is CCOc1ccc(CC(=O)N2CCN(S(=O)(=O)C3CCS(=O)(=O)C3)CC2)cc1. The number of hydrogen-bond donors (Lipinski definition) is 0. The van der Waals surface area contributed by atoms with E-state index in [-0.39, 0.29) is 43.3 Å². The summed E-state index contributed by atoms with van der Waals surface area (Å²) in [6, 6.07) is 7.35. The van der Waals surface area contributed by atoms with Gasteiger partial charge in [-0.1, -0.05) is 12.1 Å². The van der Waals surface area contributed by atoms with Crippen molar-refractivity contribution in [2.75, 3.05) is 44.3 Å². The van der Waals surface area contributed by atoms with Crippen molar-refractivity contribution in [3.05, 3.63) is 29.8 Å². The van der Waals surface area contributed by atoms with Gasteiger partial charge in [0, 0.05) is 26.2 Å². The van der Waals surface area contributed by atoms with Crippen molar-refractivity contribution < 1.29 is 26.4 Å². The Kier molecular flexibility index (Phi) is 6.31. The second-order valence-corrected chi connectivity index (χ2v) is 11.5. The van der Waals surface area contributed by atoms with Gasteiger partial charge in [-0.25, -0.2) is 16.8 Å². The van der Waals surface area contributed by atoms with Crippen LogP contribution in [0, 0.1) is 0 Å². The monoisotopic (exact) mass is 430 g/mol. The van der Waals surface area contributed by atoms with E-state index in [1.54, 1.807) is 4.90 Å². The highest BCUT2D eigenvalue weighted by atomic mass is 32.2. The highest BCUT2D eigenvalue weighted by molar-refractivity contribution is 7.95. The van der Waals surface area contributed by atoms with Crippen LogP contribution in [-0.2, 0) is 31.1 Å². The van der Waals surface area contributed by atoms with E-state index in [2.05, 4.69) is 0 Å². The number of carbonyl (C=O) groups is 1. The summed E-state index contributed by atoms with van der Waals surface area (Å²) in [4.78, 5) is 14.2. The van der Waals surface area contributed by atoms with Crippen LogP contribution in [0.5, 0.6) is 5.75 Å². The molecule has 1 atom stereocenters. The van der Waals surface area contributed by atoms with Gasteiger partial charge in [0.1, 0.15) is 5.75 Å². The first-order chi connectivity index (χ1) is 13.2. The first-order valence-electron chi connectivity index (χ1n) is 9.40. The quantitative estimate of drug-likeness (QED) is 0.643. The lowest BCUT2D eigenvalue weighted by Gasteiger charge is -2.35. The molecule has 0 spiro atoms. The van der Waals surface area contributed by atoms with E-state index >= 15 is 0 Å². The molecule has 10 heteroatoms. The van der Waals surface area contributed by atoms with Crippen LogP contribution in [0.25, 0.3) is 0 Å². The van der Waals surface area contributed by atoms with Gasteiger partial charge in [-0.3, -0.25) is 4.79 Å². The van der Waals surface area contributed by atoms with Crippen LogP contribution in [-0.4, -0.2) is 81.5 Å². The molecule has 2 fully saturated rings. The summed E-state index contributed by atoms with van der Waals surface area (Å²) in [6.07, 6.45) is 0.404. The summed E-state index contributed by atoms with van der Waals surface area (Å²) in [5.41, 5.74) is 0.875. The van der Waals surface area contributed by atoms with Crippen molar-refractivity contribution >= 4 is 25.8 Å². The Morgan fingerprint density at radius 3 is 2.32 bits per heavy atom. The zero-order valence-corrected chi connectivity index (χ0v) is 17.5. The van der Waals surface area contributed by atoms with Crippen molar-refractivity contribution in [2.45, 2.75) is 25.0 Å². The summed E-state index contributed by atoms with van der Waals surface area (Å²) < 4.78 is 55.3. The molecule has 0 saturated carbocycles. The average Bonchev–Trinajstić information content (AvgIpc) is 3.04. The molecule has 0 N–H and O–H groups in total. The molecule has 28 heavy (non-hydrogen) atoms. The number of sulfone groups is 1. The van der Waals surface area contributed by atoms with E-state index in [0.717, 1.165) is 11.3 Å². The Hall–Kier alpha value is -1.65. The minimum Gasteiger partial charge on any atom is -0.494 e. The van der Waals surface area contributed by atoms with Crippen LogP contribution in [0.15, 0.2) is 24.3 Å². The van der Waals surface area contributed by atoms with Crippen LogP contribution in [0.3, 0.4) is 0 Å². The maximum absolute atomic E-state index is 12.7. The minimum absolute atomic E-state index is 0.0512. The molecule has 1 aromatic carbocycles. The lowest BCUT2D eigenvalue weighted by atomic mass is 10.1. The van der Waals surface area contributed by atoms with Crippen molar-refractivity contribution in [2.24, 2.45) is 0 Å². The van der Waals surface area contributed by atoms with Crippen LogP contribution in [0.1, 0.15) is 18.9 Å². The van der Waals surface area contributed by atoms with E-state index in [1.165, 1.54) is 4.31 Å². The summed E-state index contributed by atoms with van der Waals surface area (Å²) in [5, 5.41) is -0.858. The van der Waals surface area contributed by atoms with Gasteiger partial charge < -0.3 is 9.64 Å². The molecule has 2 aliphatic heterocycles. The molecule has 0 aromatic heterocycles. The number of rotatable bonds is 6. The molecule has 2 heterocycles. The second-order valence-electron chi connectivity index (χ2n) is 7.10. The summed E-state index contributed by atoms with van der Waals surface area (Å²) in [7, 11) is -6.91. The normalized spacial score (nSPS) is 22.9. The average molecular weight is 431 g/mol. The fourth-order valence-electron chi connectivity index (χ4n) is 3.56. The third-order valence-electron chi connectivity index (χ3n) is 5.15. The van der Waals surface area contributed by atoms with Crippen LogP contribution >= 0.6 is 0 Å². The van der Waals surface area contributed by atoms with Gasteiger partial charge in [0.2, 0.25) is 15.9 Å². The number of sulfonamides is 1. The number of piperazine rings is 1. The summed E-state index contributed by atoms with van der Waals surface area (Å²) >= 11 is 0. The van der Waals surface area contributed by atoms with E-state index in [1.807, 2.05) is 31.2 Å². The van der Waals surface area contributed by atoms with Crippen LogP contribution < -0.4 is 4.74 Å². The van der Waals surface area contributed by atoms with E-state index in [0.29, 0.717) is 19.7 Å². The minimum atomic E-state index is -3.65. The van der Waals surface area contributed by atoms with Crippen LogP contribution in [0.4, 0.5) is 0 Å². The number of ether oxygens (including phenoxy) is 1. The number of benzene rings is 1. The molecule has 3 rings (SSSR count). The molecule has 2 saturated heterocycles. The topological polar surface area (TPSA) is 101 Å². The Labute approximate surface area is 166 Å². The Bertz CT molecular complexity index is 904. The van der Waals surface area contributed by atoms with Crippen LogP contribution in [0.2, 0.25) is 0 Å². The maximum Gasteiger partial charge on any atom is 0.227 e. The maximum atomic E-state index is 12.7. The highest BCUT2D eigenvalue weighted by Crippen LogP contribution is 2.23. The standard InChI is InChI=1S/C18H26N2O6S2/c1-2-26-16-5-3-15(4-6-16)13-18(21)19-8-10-20(11-9-19)28(24,25)17-7-12-27(22,23)14-17/h3-6,17H,2,7-14H2,1H3. The molecule has 0 radical (unpaired) electrons. The van der Waals surface area contributed by atoms with Gasteiger partial charge in [-0.15, -0.1) is 0 Å².